The lowest BCUT2D eigenvalue weighted by Crippen LogP contribution is -2.41. The van der Waals surface area contributed by atoms with Crippen LogP contribution in [0.3, 0.4) is 0 Å². The van der Waals surface area contributed by atoms with Crippen LogP contribution in [0.15, 0.2) is 35.2 Å². The zero-order valence-electron chi connectivity index (χ0n) is 11.0. The Morgan fingerprint density at radius 2 is 1.94 bits per heavy atom. The van der Waals surface area contributed by atoms with Gasteiger partial charge in [-0.25, -0.2) is 0 Å². The Morgan fingerprint density at radius 1 is 1.17 bits per heavy atom. The maximum Gasteiger partial charge on any atom is 0.00719 e. The number of benzene rings is 1. The molecule has 0 aromatic heterocycles. The fraction of sp³-hybridized carbons (Fsp3) is 0.625. The summed E-state index contributed by atoms with van der Waals surface area (Å²) in [6.45, 7) is 1.27. The summed E-state index contributed by atoms with van der Waals surface area (Å²) < 4.78 is 0. The maximum absolute atomic E-state index is 3.74. The quantitative estimate of drug-likeness (QED) is 0.742. The topological polar surface area (TPSA) is 12.0 Å². The zero-order valence-corrected chi connectivity index (χ0v) is 11.8. The summed E-state index contributed by atoms with van der Waals surface area (Å²) >= 11 is 2.02. The first kappa shape index (κ1) is 12.6. The highest BCUT2D eigenvalue weighted by atomic mass is 32.2. The van der Waals surface area contributed by atoms with Gasteiger partial charge in [0.1, 0.15) is 0 Å². The highest BCUT2D eigenvalue weighted by Crippen LogP contribution is 2.45. The van der Waals surface area contributed by atoms with E-state index in [-0.39, 0.29) is 0 Å². The van der Waals surface area contributed by atoms with Crippen molar-refractivity contribution in [3.8, 4) is 0 Å². The average molecular weight is 261 g/mol. The van der Waals surface area contributed by atoms with E-state index in [0.29, 0.717) is 5.41 Å². The summed E-state index contributed by atoms with van der Waals surface area (Å²) in [6, 6.07) is 11.7. The predicted molar refractivity (Wildman–Crippen MR) is 79.1 cm³/mol. The lowest BCUT2D eigenvalue weighted by atomic mass is 9.67. The molecule has 0 bridgehead atoms. The SMILES string of the molecule is c1ccc(SCCC2(CNC3CC3)CCC2)cc1. The first-order chi connectivity index (χ1) is 8.86. The van der Waals surface area contributed by atoms with Gasteiger partial charge in [-0.05, 0) is 55.4 Å². The molecule has 0 unspecified atom stereocenters. The molecule has 0 radical (unpaired) electrons. The van der Waals surface area contributed by atoms with E-state index in [9.17, 15) is 0 Å². The van der Waals surface area contributed by atoms with Crippen LogP contribution in [0, 0.1) is 5.41 Å². The van der Waals surface area contributed by atoms with Crippen molar-refractivity contribution in [3.63, 3.8) is 0 Å². The van der Waals surface area contributed by atoms with E-state index >= 15 is 0 Å². The molecule has 3 rings (SSSR count). The third-order valence-electron chi connectivity index (χ3n) is 4.40. The summed E-state index contributed by atoms with van der Waals surface area (Å²) in [7, 11) is 0. The first-order valence-electron chi connectivity index (χ1n) is 7.28. The zero-order chi connectivity index (χ0) is 12.3. The Balaban J connectivity index is 1.42. The van der Waals surface area contributed by atoms with Crippen LogP contribution in [-0.2, 0) is 0 Å². The number of thioether (sulfide) groups is 1. The minimum absolute atomic E-state index is 0.643. The van der Waals surface area contributed by atoms with Crippen molar-refractivity contribution in [2.45, 2.75) is 49.5 Å². The van der Waals surface area contributed by atoms with Crippen LogP contribution in [0.4, 0.5) is 0 Å². The molecule has 1 N–H and O–H groups in total. The molecule has 0 atom stereocenters. The maximum atomic E-state index is 3.74. The second-order valence-corrected chi connectivity index (χ2v) is 7.09. The van der Waals surface area contributed by atoms with Gasteiger partial charge in [0.15, 0.2) is 0 Å². The first-order valence-corrected chi connectivity index (χ1v) is 8.26. The molecule has 18 heavy (non-hydrogen) atoms. The Labute approximate surface area is 115 Å². The number of hydrogen-bond acceptors (Lipinski definition) is 2. The molecule has 1 aromatic rings. The second kappa shape index (κ2) is 5.66. The highest BCUT2D eigenvalue weighted by Gasteiger charge is 2.37. The van der Waals surface area contributed by atoms with Crippen molar-refractivity contribution in [1.82, 2.24) is 5.32 Å². The molecule has 98 valence electrons. The normalized spacial score (nSPS) is 21.6. The van der Waals surface area contributed by atoms with Crippen molar-refractivity contribution in [2.75, 3.05) is 12.3 Å². The molecule has 0 aliphatic heterocycles. The minimum Gasteiger partial charge on any atom is -0.313 e. The Bertz CT molecular complexity index is 368. The van der Waals surface area contributed by atoms with Crippen molar-refractivity contribution in [3.05, 3.63) is 30.3 Å². The van der Waals surface area contributed by atoms with E-state index in [1.165, 1.54) is 55.7 Å². The minimum atomic E-state index is 0.643. The van der Waals surface area contributed by atoms with Crippen molar-refractivity contribution in [1.29, 1.82) is 0 Å². The van der Waals surface area contributed by atoms with Gasteiger partial charge in [0.2, 0.25) is 0 Å². The molecule has 1 aromatic carbocycles. The number of hydrogen-bond donors (Lipinski definition) is 1. The predicted octanol–water partition coefficient (Wildman–Crippen LogP) is 4.09. The van der Waals surface area contributed by atoms with Crippen LogP contribution < -0.4 is 5.32 Å². The van der Waals surface area contributed by atoms with Gasteiger partial charge in [0.05, 0.1) is 0 Å². The summed E-state index contributed by atoms with van der Waals surface area (Å²) in [5.74, 6) is 1.27. The van der Waals surface area contributed by atoms with Crippen LogP contribution >= 0.6 is 11.8 Å². The fourth-order valence-corrected chi connectivity index (χ4v) is 3.86. The molecular weight excluding hydrogens is 238 g/mol. The smallest absolute Gasteiger partial charge is 0.00719 e. The molecule has 0 heterocycles. The Morgan fingerprint density at radius 3 is 2.56 bits per heavy atom. The molecular formula is C16H23NS. The van der Waals surface area contributed by atoms with E-state index < -0.39 is 0 Å². The third-order valence-corrected chi connectivity index (χ3v) is 5.42. The highest BCUT2D eigenvalue weighted by molar-refractivity contribution is 7.99. The summed E-state index contributed by atoms with van der Waals surface area (Å²) in [6.07, 6.45) is 8.54. The molecule has 2 aliphatic carbocycles. The van der Waals surface area contributed by atoms with Gasteiger partial charge in [-0.2, -0.15) is 0 Å². The largest absolute Gasteiger partial charge is 0.313 e. The van der Waals surface area contributed by atoms with Crippen molar-refractivity contribution < 1.29 is 0 Å². The fourth-order valence-electron chi connectivity index (χ4n) is 2.74. The summed E-state index contributed by atoms with van der Waals surface area (Å²) in [5.41, 5.74) is 0.643. The second-order valence-electron chi connectivity index (χ2n) is 5.92. The van der Waals surface area contributed by atoms with Gasteiger partial charge in [-0.15, -0.1) is 11.8 Å². The third kappa shape index (κ3) is 3.30. The molecule has 2 fully saturated rings. The summed E-state index contributed by atoms with van der Waals surface area (Å²) in [5, 5.41) is 3.74. The van der Waals surface area contributed by atoms with Gasteiger partial charge in [-0.1, -0.05) is 24.6 Å². The molecule has 2 heteroatoms. The monoisotopic (exact) mass is 261 g/mol. The van der Waals surface area contributed by atoms with E-state index in [2.05, 4.69) is 35.6 Å². The van der Waals surface area contributed by atoms with Crippen LogP contribution in [0.2, 0.25) is 0 Å². The van der Waals surface area contributed by atoms with Gasteiger partial charge >= 0.3 is 0 Å². The van der Waals surface area contributed by atoms with E-state index in [0.717, 1.165) is 6.04 Å². The van der Waals surface area contributed by atoms with Gasteiger partial charge in [0.25, 0.3) is 0 Å². The van der Waals surface area contributed by atoms with Crippen LogP contribution in [0.1, 0.15) is 38.5 Å². The van der Waals surface area contributed by atoms with Gasteiger partial charge in [-0.3, -0.25) is 0 Å². The molecule has 1 nitrogen and oxygen atoms in total. The van der Waals surface area contributed by atoms with Gasteiger partial charge in [0, 0.05) is 17.5 Å². The molecule has 0 amide bonds. The number of rotatable bonds is 7. The lowest BCUT2D eigenvalue weighted by Gasteiger charge is -2.42. The van der Waals surface area contributed by atoms with E-state index in [4.69, 9.17) is 0 Å². The molecule has 0 spiro atoms. The van der Waals surface area contributed by atoms with Crippen LogP contribution in [0.25, 0.3) is 0 Å². The van der Waals surface area contributed by atoms with Crippen molar-refractivity contribution >= 4 is 11.8 Å². The molecule has 0 saturated heterocycles. The van der Waals surface area contributed by atoms with Crippen LogP contribution in [0.5, 0.6) is 0 Å². The Kier molecular flexibility index (Phi) is 3.95. The van der Waals surface area contributed by atoms with Crippen molar-refractivity contribution in [2.24, 2.45) is 5.41 Å². The molecule has 2 saturated carbocycles. The van der Waals surface area contributed by atoms with E-state index in [1.54, 1.807) is 0 Å². The standard InChI is InChI=1S/C16H23NS/c1-2-5-15(6-3-1)18-12-11-16(9-4-10-16)13-17-14-7-8-14/h1-3,5-6,14,17H,4,7-13H2. The van der Waals surface area contributed by atoms with E-state index in [1.807, 2.05) is 11.8 Å². The number of nitrogens with one attached hydrogen (secondary N) is 1. The Hall–Kier alpha value is -0.470. The average Bonchev–Trinajstić information content (AvgIpc) is 3.17. The lowest BCUT2D eigenvalue weighted by molar-refractivity contribution is 0.125. The van der Waals surface area contributed by atoms with Crippen LogP contribution in [-0.4, -0.2) is 18.3 Å². The summed E-state index contributed by atoms with van der Waals surface area (Å²) in [4.78, 5) is 1.42. The van der Waals surface area contributed by atoms with Gasteiger partial charge < -0.3 is 5.32 Å². The molecule has 2 aliphatic rings.